The Morgan fingerprint density at radius 3 is 2.26 bits per heavy atom. The summed E-state index contributed by atoms with van der Waals surface area (Å²) in [5.74, 6) is 0.906. The molecule has 0 bridgehead atoms. The second kappa shape index (κ2) is 6.95. The van der Waals surface area contributed by atoms with Crippen molar-refractivity contribution < 1.29 is 4.74 Å². The second-order valence-corrected chi connectivity index (χ2v) is 4.57. The molecule has 0 aromatic heterocycles. The fraction of sp³-hybridized carbons (Fsp3) is 0.294. The third-order valence-electron chi connectivity index (χ3n) is 3.25. The van der Waals surface area contributed by atoms with Crippen molar-refractivity contribution in [1.82, 2.24) is 5.32 Å². The summed E-state index contributed by atoms with van der Waals surface area (Å²) >= 11 is 0. The molecule has 2 aromatic rings. The lowest BCUT2D eigenvalue weighted by Gasteiger charge is -2.18. The van der Waals surface area contributed by atoms with E-state index in [9.17, 15) is 0 Å². The van der Waals surface area contributed by atoms with Crippen LogP contribution < -0.4 is 10.1 Å². The molecule has 0 heterocycles. The summed E-state index contributed by atoms with van der Waals surface area (Å²) < 4.78 is 5.19. The lowest BCUT2D eigenvalue weighted by molar-refractivity contribution is 0.414. The molecule has 0 spiro atoms. The number of hydrogen-bond donors (Lipinski definition) is 1. The lowest BCUT2D eigenvalue weighted by Crippen LogP contribution is -2.22. The number of hydrogen-bond acceptors (Lipinski definition) is 2. The van der Waals surface area contributed by atoms with Gasteiger partial charge in [0.05, 0.1) is 7.11 Å². The molecule has 0 amide bonds. The van der Waals surface area contributed by atoms with Gasteiger partial charge in [-0.15, -0.1) is 0 Å². The largest absolute Gasteiger partial charge is 0.497 e. The minimum atomic E-state index is 0.361. The van der Waals surface area contributed by atoms with Crippen LogP contribution in [0, 0.1) is 0 Å². The Bertz CT molecular complexity index is 478. The van der Waals surface area contributed by atoms with Crippen molar-refractivity contribution in [2.45, 2.75) is 19.4 Å². The molecule has 0 saturated heterocycles. The van der Waals surface area contributed by atoms with Crippen molar-refractivity contribution >= 4 is 0 Å². The van der Waals surface area contributed by atoms with Crippen LogP contribution in [-0.2, 0) is 6.42 Å². The number of likely N-dealkylation sites (N-methyl/N-ethyl adjacent to an activating group) is 1. The van der Waals surface area contributed by atoms with Gasteiger partial charge in [-0.3, -0.25) is 0 Å². The molecule has 1 unspecified atom stereocenters. The Labute approximate surface area is 115 Å². The number of nitrogens with one attached hydrogen (secondary N) is 1. The molecule has 2 nitrogen and oxygen atoms in total. The molecule has 0 saturated carbocycles. The van der Waals surface area contributed by atoms with Crippen LogP contribution in [0.25, 0.3) is 0 Å². The Balaban J connectivity index is 2.11. The third kappa shape index (κ3) is 3.83. The Morgan fingerprint density at radius 1 is 1.00 bits per heavy atom. The predicted octanol–water partition coefficient (Wildman–Crippen LogP) is 3.59. The zero-order valence-electron chi connectivity index (χ0n) is 11.6. The summed E-state index contributed by atoms with van der Waals surface area (Å²) in [6.45, 7) is 3.11. The van der Waals surface area contributed by atoms with Gasteiger partial charge < -0.3 is 10.1 Å². The van der Waals surface area contributed by atoms with Gasteiger partial charge in [0.25, 0.3) is 0 Å². The van der Waals surface area contributed by atoms with E-state index in [1.54, 1.807) is 7.11 Å². The second-order valence-electron chi connectivity index (χ2n) is 4.57. The van der Waals surface area contributed by atoms with Crippen LogP contribution in [0.3, 0.4) is 0 Å². The number of benzene rings is 2. The quantitative estimate of drug-likeness (QED) is 0.851. The maximum Gasteiger partial charge on any atom is 0.118 e. The standard InChI is InChI=1S/C17H21NO/c1-3-18-17(15-7-5-4-6-8-15)13-14-9-11-16(19-2)12-10-14/h4-12,17-18H,3,13H2,1-2H3. The molecule has 100 valence electrons. The highest BCUT2D eigenvalue weighted by molar-refractivity contribution is 5.29. The van der Waals surface area contributed by atoms with E-state index < -0.39 is 0 Å². The smallest absolute Gasteiger partial charge is 0.118 e. The van der Waals surface area contributed by atoms with E-state index in [4.69, 9.17) is 4.74 Å². The summed E-state index contributed by atoms with van der Waals surface area (Å²) in [5.41, 5.74) is 2.65. The maximum atomic E-state index is 5.19. The van der Waals surface area contributed by atoms with Crippen molar-refractivity contribution in [2.75, 3.05) is 13.7 Å². The minimum Gasteiger partial charge on any atom is -0.497 e. The van der Waals surface area contributed by atoms with Gasteiger partial charge in [-0.25, -0.2) is 0 Å². The Hall–Kier alpha value is -1.80. The SMILES string of the molecule is CCNC(Cc1ccc(OC)cc1)c1ccccc1. The molecule has 0 aliphatic heterocycles. The van der Waals surface area contributed by atoms with Crippen molar-refractivity contribution in [3.63, 3.8) is 0 Å². The average molecular weight is 255 g/mol. The third-order valence-corrected chi connectivity index (χ3v) is 3.25. The molecule has 2 rings (SSSR count). The molecule has 0 aliphatic rings. The molecule has 2 heteroatoms. The topological polar surface area (TPSA) is 21.3 Å². The molecule has 0 aliphatic carbocycles. The average Bonchev–Trinajstić information content (AvgIpc) is 2.48. The number of rotatable bonds is 6. The first kappa shape index (κ1) is 13.6. The van der Waals surface area contributed by atoms with Gasteiger partial charge in [-0.2, -0.15) is 0 Å². The first-order valence-corrected chi connectivity index (χ1v) is 6.74. The molecule has 0 radical (unpaired) electrons. The van der Waals surface area contributed by atoms with E-state index in [-0.39, 0.29) is 0 Å². The predicted molar refractivity (Wildman–Crippen MR) is 79.6 cm³/mol. The van der Waals surface area contributed by atoms with Crippen LogP contribution in [0.5, 0.6) is 5.75 Å². The lowest BCUT2D eigenvalue weighted by atomic mass is 9.99. The summed E-state index contributed by atoms with van der Waals surface area (Å²) in [6.07, 6.45) is 0.988. The number of methoxy groups -OCH3 is 1. The molecule has 1 atom stereocenters. The van der Waals surface area contributed by atoms with Crippen LogP contribution >= 0.6 is 0 Å². The van der Waals surface area contributed by atoms with E-state index in [2.05, 4.69) is 54.7 Å². The van der Waals surface area contributed by atoms with Gasteiger partial charge in [0, 0.05) is 6.04 Å². The number of ether oxygens (including phenoxy) is 1. The zero-order valence-corrected chi connectivity index (χ0v) is 11.6. The fourth-order valence-corrected chi connectivity index (χ4v) is 2.24. The molecule has 0 fully saturated rings. The van der Waals surface area contributed by atoms with Crippen LogP contribution in [0.15, 0.2) is 54.6 Å². The van der Waals surface area contributed by atoms with Gasteiger partial charge >= 0.3 is 0 Å². The monoisotopic (exact) mass is 255 g/mol. The van der Waals surface area contributed by atoms with Crippen molar-refractivity contribution in [1.29, 1.82) is 0 Å². The molecule has 1 N–H and O–H groups in total. The van der Waals surface area contributed by atoms with E-state index in [0.29, 0.717) is 6.04 Å². The zero-order chi connectivity index (χ0) is 13.5. The van der Waals surface area contributed by atoms with E-state index in [1.165, 1.54) is 11.1 Å². The highest BCUT2D eigenvalue weighted by atomic mass is 16.5. The van der Waals surface area contributed by atoms with Crippen molar-refractivity contribution in [3.05, 3.63) is 65.7 Å². The van der Waals surface area contributed by atoms with Crippen molar-refractivity contribution in [3.8, 4) is 5.75 Å². The summed E-state index contributed by atoms with van der Waals surface area (Å²) in [5, 5.41) is 3.54. The van der Waals surface area contributed by atoms with E-state index >= 15 is 0 Å². The van der Waals surface area contributed by atoms with Gasteiger partial charge in [0.1, 0.15) is 5.75 Å². The first-order chi connectivity index (χ1) is 9.33. The van der Waals surface area contributed by atoms with Crippen LogP contribution in [0.1, 0.15) is 24.1 Å². The highest BCUT2D eigenvalue weighted by Crippen LogP contribution is 2.20. The summed E-state index contributed by atoms with van der Waals surface area (Å²) in [6, 6.07) is 19.2. The highest BCUT2D eigenvalue weighted by Gasteiger charge is 2.10. The molecule has 19 heavy (non-hydrogen) atoms. The van der Waals surface area contributed by atoms with Crippen molar-refractivity contribution in [2.24, 2.45) is 0 Å². The first-order valence-electron chi connectivity index (χ1n) is 6.74. The fourth-order valence-electron chi connectivity index (χ4n) is 2.24. The van der Waals surface area contributed by atoms with Gasteiger partial charge in [-0.1, -0.05) is 49.4 Å². The maximum absolute atomic E-state index is 5.19. The van der Waals surface area contributed by atoms with Gasteiger partial charge in [0.2, 0.25) is 0 Å². The van der Waals surface area contributed by atoms with Crippen LogP contribution in [0.4, 0.5) is 0 Å². The molecular weight excluding hydrogens is 234 g/mol. The summed E-state index contributed by atoms with van der Waals surface area (Å²) in [7, 11) is 1.69. The van der Waals surface area contributed by atoms with E-state index in [0.717, 1.165) is 18.7 Å². The van der Waals surface area contributed by atoms with Crippen LogP contribution in [0.2, 0.25) is 0 Å². The van der Waals surface area contributed by atoms with Gasteiger partial charge in [0.15, 0.2) is 0 Å². The van der Waals surface area contributed by atoms with Crippen LogP contribution in [-0.4, -0.2) is 13.7 Å². The van der Waals surface area contributed by atoms with Gasteiger partial charge in [-0.05, 0) is 36.2 Å². The Morgan fingerprint density at radius 2 is 1.68 bits per heavy atom. The minimum absolute atomic E-state index is 0.361. The molecular formula is C17H21NO. The molecule has 2 aromatic carbocycles. The summed E-state index contributed by atoms with van der Waals surface area (Å²) in [4.78, 5) is 0. The van der Waals surface area contributed by atoms with E-state index in [1.807, 2.05) is 12.1 Å². The Kier molecular flexibility index (Phi) is 4.99. The normalized spacial score (nSPS) is 12.1.